The zero-order chi connectivity index (χ0) is 17.6. The van der Waals surface area contributed by atoms with Crippen molar-refractivity contribution in [1.82, 2.24) is 4.98 Å². The molecule has 3 aromatic rings. The van der Waals surface area contributed by atoms with Crippen LogP contribution in [0.4, 0.5) is 0 Å². The van der Waals surface area contributed by atoms with Gasteiger partial charge in [-0.15, -0.1) is 11.3 Å². The number of benzene rings is 2. The van der Waals surface area contributed by atoms with Crippen LogP contribution >= 0.6 is 11.3 Å². The van der Waals surface area contributed by atoms with Gasteiger partial charge in [-0.3, -0.25) is 0 Å². The minimum absolute atomic E-state index is 0.359. The summed E-state index contributed by atoms with van der Waals surface area (Å²) in [5.41, 5.74) is 2.78. The molecule has 2 aromatic carbocycles. The lowest BCUT2D eigenvalue weighted by molar-refractivity contribution is -0.139. The summed E-state index contributed by atoms with van der Waals surface area (Å²) < 4.78 is 11.0. The topological polar surface area (TPSA) is 68.7 Å². The monoisotopic (exact) mass is 355 g/mol. The Labute approximate surface area is 149 Å². The minimum atomic E-state index is -1.00. The molecule has 5 nitrogen and oxygen atoms in total. The fourth-order valence-electron chi connectivity index (χ4n) is 2.26. The molecule has 0 amide bonds. The average Bonchev–Trinajstić information content (AvgIpc) is 3.09. The third-order valence-electron chi connectivity index (χ3n) is 3.46. The summed E-state index contributed by atoms with van der Waals surface area (Å²) >= 11 is 1.59. The van der Waals surface area contributed by atoms with Gasteiger partial charge >= 0.3 is 5.97 Å². The SMILES string of the molecule is Cc1cc(OCc2csc(-c3ccccc3)n2)ccc1OCC(=O)O. The van der Waals surface area contributed by atoms with Gasteiger partial charge in [0.1, 0.15) is 23.1 Å². The number of aliphatic carboxylic acids is 1. The molecule has 1 heterocycles. The van der Waals surface area contributed by atoms with Crippen molar-refractivity contribution in [3.8, 4) is 22.1 Å². The molecular formula is C19H17NO4S. The Morgan fingerprint density at radius 3 is 2.68 bits per heavy atom. The van der Waals surface area contributed by atoms with Crippen LogP contribution in [0.3, 0.4) is 0 Å². The highest BCUT2D eigenvalue weighted by molar-refractivity contribution is 7.13. The molecule has 6 heteroatoms. The molecule has 0 atom stereocenters. The molecule has 0 radical (unpaired) electrons. The molecule has 0 bridgehead atoms. The number of rotatable bonds is 7. The molecular weight excluding hydrogens is 338 g/mol. The average molecular weight is 355 g/mol. The third kappa shape index (κ3) is 4.58. The number of hydrogen-bond donors (Lipinski definition) is 1. The van der Waals surface area contributed by atoms with E-state index in [2.05, 4.69) is 4.98 Å². The van der Waals surface area contributed by atoms with Crippen molar-refractivity contribution in [2.45, 2.75) is 13.5 Å². The Hall–Kier alpha value is -2.86. The second kappa shape index (κ2) is 7.81. The molecule has 0 aliphatic rings. The highest BCUT2D eigenvalue weighted by Crippen LogP contribution is 2.26. The Morgan fingerprint density at radius 1 is 1.16 bits per heavy atom. The maximum atomic E-state index is 10.6. The molecule has 0 unspecified atom stereocenters. The van der Waals surface area contributed by atoms with E-state index in [1.54, 1.807) is 23.5 Å². The number of aryl methyl sites for hydroxylation is 1. The molecule has 0 saturated carbocycles. The van der Waals surface area contributed by atoms with Crippen LogP contribution in [0.5, 0.6) is 11.5 Å². The van der Waals surface area contributed by atoms with Crippen molar-refractivity contribution in [1.29, 1.82) is 0 Å². The zero-order valence-electron chi connectivity index (χ0n) is 13.6. The number of hydrogen-bond acceptors (Lipinski definition) is 5. The summed E-state index contributed by atoms with van der Waals surface area (Å²) in [6.07, 6.45) is 0. The van der Waals surface area contributed by atoms with Gasteiger partial charge in [0.25, 0.3) is 0 Å². The number of thiazole rings is 1. The number of nitrogens with zero attached hydrogens (tertiary/aromatic N) is 1. The third-order valence-corrected chi connectivity index (χ3v) is 4.40. The van der Waals surface area contributed by atoms with E-state index in [0.29, 0.717) is 18.1 Å². The van der Waals surface area contributed by atoms with Gasteiger partial charge in [-0.05, 0) is 30.7 Å². The molecule has 0 fully saturated rings. The smallest absolute Gasteiger partial charge is 0.341 e. The van der Waals surface area contributed by atoms with Crippen LogP contribution in [0.1, 0.15) is 11.3 Å². The van der Waals surface area contributed by atoms with Crippen molar-refractivity contribution in [2.24, 2.45) is 0 Å². The predicted molar refractivity (Wildman–Crippen MR) is 96.2 cm³/mol. The highest BCUT2D eigenvalue weighted by atomic mass is 32.1. The van der Waals surface area contributed by atoms with Gasteiger partial charge < -0.3 is 14.6 Å². The van der Waals surface area contributed by atoms with Crippen LogP contribution in [-0.4, -0.2) is 22.7 Å². The van der Waals surface area contributed by atoms with Crippen LogP contribution < -0.4 is 9.47 Å². The first-order chi connectivity index (χ1) is 12.1. The summed E-state index contributed by atoms with van der Waals surface area (Å²) in [6, 6.07) is 15.3. The van der Waals surface area contributed by atoms with Gasteiger partial charge in [-0.2, -0.15) is 0 Å². The van der Waals surface area contributed by atoms with E-state index in [9.17, 15) is 4.79 Å². The number of carbonyl (C=O) groups is 1. The molecule has 1 aromatic heterocycles. The molecule has 25 heavy (non-hydrogen) atoms. The van der Waals surface area contributed by atoms with Gasteiger partial charge in [0, 0.05) is 10.9 Å². The fraction of sp³-hybridized carbons (Fsp3) is 0.158. The Balaban J connectivity index is 1.61. The van der Waals surface area contributed by atoms with Crippen LogP contribution in [0, 0.1) is 6.92 Å². The van der Waals surface area contributed by atoms with Crippen molar-refractivity contribution in [3.05, 3.63) is 65.2 Å². The van der Waals surface area contributed by atoms with E-state index < -0.39 is 5.97 Å². The Kier molecular flexibility index (Phi) is 5.30. The first kappa shape index (κ1) is 17.0. The van der Waals surface area contributed by atoms with Crippen LogP contribution in [0.15, 0.2) is 53.9 Å². The number of carboxylic acid groups (broad SMARTS) is 1. The van der Waals surface area contributed by atoms with E-state index >= 15 is 0 Å². The van der Waals surface area contributed by atoms with E-state index in [0.717, 1.165) is 21.8 Å². The molecule has 3 rings (SSSR count). The zero-order valence-corrected chi connectivity index (χ0v) is 14.5. The second-order valence-corrected chi connectivity index (χ2v) is 6.27. The van der Waals surface area contributed by atoms with Crippen molar-refractivity contribution < 1.29 is 19.4 Å². The summed E-state index contributed by atoms with van der Waals surface area (Å²) in [5.74, 6) is 0.224. The van der Waals surface area contributed by atoms with Gasteiger partial charge in [-0.1, -0.05) is 30.3 Å². The van der Waals surface area contributed by atoms with Gasteiger partial charge in [0.05, 0.1) is 5.69 Å². The van der Waals surface area contributed by atoms with E-state index in [-0.39, 0.29) is 6.61 Å². The molecule has 128 valence electrons. The maximum Gasteiger partial charge on any atom is 0.341 e. The first-order valence-corrected chi connectivity index (χ1v) is 8.57. The Bertz CT molecular complexity index is 861. The lowest BCUT2D eigenvalue weighted by Crippen LogP contribution is -2.10. The van der Waals surface area contributed by atoms with Crippen LogP contribution in [0.2, 0.25) is 0 Å². The normalized spacial score (nSPS) is 10.4. The Morgan fingerprint density at radius 2 is 1.96 bits per heavy atom. The van der Waals surface area contributed by atoms with Gasteiger partial charge in [-0.25, -0.2) is 9.78 Å². The van der Waals surface area contributed by atoms with E-state index in [1.165, 1.54) is 0 Å². The maximum absolute atomic E-state index is 10.6. The van der Waals surface area contributed by atoms with Crippen LogP contribution in [-0.2, 0) is 11.4 Å². The molecule has 0 aliphatic carbocycles. The quantitative estimate of drug-likeness (QED) is 0.689. The van der Waals surface area contributed by atoms with Crippen molar-refractivity contribution in [2.75, 3.05) is 6.61 Å². The first-order valence-electron chi connectivity index (χ1n) is 7.69. The molecule has 0 aliphatic heterocycles. The summed E-state index contributed by atoms with van der Waals surface area (Å²) in [6.45, 7) is 1.86. The van der Waals surface area contributed by atoms with Crippen molar-refractivity contribution in [3.63, 3.8) is 0 Å². The standard InChI is InChI=1S/C19H17NO4S/c1-13-9-16(7-8-17(13)24-11-18(21)22)23-10-15-12-25-19(20-15)14-5-3-2-4-6-14/h2-9,12H,10-11H2,1H3,(H,21,22). The largest absolute Gasteiger partial charge is 0.487 e. The van der Waals surface area contributed by atoms with Gasteiger partial charge in [0.2, 0.25) is 0 Å². The molecule has 1 N–H and O–H groups in total. The number of ether oxygens (including phenoxy) is 2. The molecule has 0 saturated heterocycles. The summed E-state index contributed by atoms with van der Waals surface area (Å²) in [7, 11) is 0. The fourth-order valence-corrected chi connectivity index (χ4v) is 3.07. The summed E-state index contributed by atoms with van der Waals surface area (Å²) in [4.78, 5) is 15.1. The predicted octanol–water partition coefficient (Wildman–Crippen LogP) is 4.16. The van der Waals surface area contributed by atoms with Crippen molar-refractivity contribution >= 4 is 17.3 Å². The highest BCUT2D eigenvalue weighted by Gasteiger charge is 2.07. The summed E-state index contributed by atoms with van der Waals surface area (Å²) in [5, 5.41) is 11.6. The molecule has 0 spiro atoms. The second-order valence-electron chi connectivity index (χ2n) is 5.41. The lowest BCUT2D eigenvalue weighted by atomic mass is 10.2. The van der Waals surface area contributed by atoms with Crippen LogP contribution in [0.25, 0.3) is 10.6 Å². The lowest BCUT2D eigenvalue weighted by Gasteiger charge is -2.10. The number of aromatic nitrogens is 1. The van der Waals surface area contributed by atoms with Gasteiger partial charge in [0.15, 0.2) is 6.61 Å². The minimum Gasteiger partial charge on any atom is -0.487 e. The van der Waals surface area contributed by atoms with E-state index in [4.69, 9.17) is 14.6 Å². The number of carboxylic acids is 1. The van der Waals surface area contributed by atoms with E-state index in [1.807, 2.05) is 48.7 Å².